The fourth-order valence-corrected chi connectivity index (χ4v) is 3.38. The normalized spacial score (nSPS) is 14.7. The zero-order chi connectivity index (χ0) is 21.8. The number of hydrogen-bond donors (Lipinski definition) is 2. The van der Waals surface area contributed by atoms with Gasteiger partial charge in [-0.15, -0.1) is 0 Å². The van der Waals surface area contributed by atoms with Crippen molar-refractivity contribution in [3.8, 4) is 23.0 Å². The van der Waals surface area contributed by atoms with Crippen LogP contribution in [0.5, 0.6) is 23.0 Å². The van der Waals surface area contributed by atoms with Gasteiger partial charge in [0.2, 0.25) is 5.91 Å². The summed E-state index contributed by atoms with van der Waals surface area (Å²) in [7, 11) is 1.60. The molecule has 2 amide bonds. The molecule has 0 bridgehead atoms. The van der Waals surface area contributed by atoms with Crippen LogP contribution in [0.1, 0.15) is 15.9 Å². The molecule has 0 spiro atoms. The van der Waals surface area contributed by atoms with Crippen molar-refractivity contribution in [2.75, 3.05) is 19.0 Å². The summed E-state index contributed by atoms with van der Waals surface area (Å²) in [5.74, 6) is 1.41. The van der Waals surface area contributed by atoms with Crippen LogP contribution in [0, 0.1) is 5.92 Å². The topological polar surface area (TPSA) is 99.9 Å². The van der Waals surface area contributed by atoms with Gasteiger partial charge in [0.05, 0.1) is 18.6 Å². The molecule has 3 aromatic rings. The number of methoxy groups -OCH3 is 1. The zero-order valence-electron chi connectivity index (χ0n) is 17.0. The third-order valence-electron chi connectivity index (χ3n) is 5.05. The van der Waals surface area contributed by atoms with E-state index in [9.17, 15) is 9.59 Å². The highest BCUT2D eigenvalue weighted by Gasteiger charge is 2.26. The summed E-state index contributed by atoms with van der Waals surface area (Å²) >= 11 is 0. The highest BCUT2D eigenvalue weighted by Crippen LogP contribution is 2.32. The Kier molecular flexibility index (Phi) is 5.75. The molecule has 0 saturated carbocycles. The molecule has 0 unspecified atom stereocenters. The van der Waals surface area contributed by atoms with E-state index in [4.69, 9.17) is 19.9 Å². The van der Waals surface area contributed by atoms with E-state index in [-0.39, 0.29) is 11.8 Å². The van der Waals surface area contributed by atoms with E-state index >= 15 is 0 Å². The van der Waals surface area contributed by atoms with Gasteiger partial charge in [0.1, 0.15) is 29.6 Å². The van der Waals surface area contributed by atoms with Crippen molar-refractivity contribution in [2.45, 2.75) is 6.42 Å². The minimum Gasteiger partial charge on any atom is -0.497 e. The smallest absolute Gasteiger partial charge is 0.252 e. The van der Waals surface area contributed by atoms with Gasteiger partial charge in [0.25, 0.3) is 5.91 Å². The van der Waals surface area contributed by atoms with E-state index in [2.05, 4.69) is 5.32 Å². The van der Waals surface area contributed by atoms with Crippen molar-refractivity contribution >= 4 is 17.5 Å². The summed E-state index contributed by atoms with van der Waals surface area (Å²) in [6.45, 7) is 0.303. The number of hydrogen-bond acceptors (Lipinski definition) is 5. The van der Waals surface area contributed by atoms with E-state index in [1.807, 2.05) is 18.2 Å². The number of benzene rings is 3. The number of primary amides is 1. The van der Waals surface area contributed by atoms with Gasteiger partial charge in [0.15, 0.2) is 0 Å². The second kappa shape index (κ2) is 8.79. The number of carbonyl (C=O) groups is 2. The van der Waals surface area contributed by atoms with Crippen LogP contribution < -0.4 is 25.3 Å². The Labute approximate surface area is 179 Å². The van der Waals surface area contributed by atoms with Crippen molar-refractivity contribution in [1.29, 1.82) is 0 Å². The first-order valence-electron chi connectivity index (χ1n) is 9.81. The molecule has 4 rings (SSSR count). The monoisotopic (exact) mass is 418 g/mol. The molecule has 0 fully saturated rings. The predicted molar refractivity (Wildman–Crippen MR) is 116 cm³/mol. The van der Waals surface area contributed by atoms with Gasteiger partial charge in [-0.3, -0.25) is 9.59 Å². The molecule has 3 N–H and O–H groups in total. The number of nitrogens with one attached hydrogen (secondary N) is 1. The molecule has 31 heavy (non-hydrogen) atoms. The van der Waals surface area contributed by atoms with Crippen molar-refractivity contribution < 1.29 is 23.8 Å². The summed E-state index contributed by atoms with van der Waals surface area (Å²) in [5, 5.41) is 2.91. The van der Waals surface area contributed by atoms with E-state index in [1.54, 1.807) is 55.6 Å². The van der Waals surface area contributed by atoms with Crippen LogP contribution in [0.4, 0.5) is 5.69 Å². The molecular weight excluding hydrogens is 396 g/mol. The number of rotatable bonds is 6. The maximum Gasteiger partial charge on any atom is 0.252 e. The average Bonchev–Trinajstić information content (AvgIpc) is 2.79. The lowest BCUT2D eigenvalue weighted by molar-refractivity contribution is -0.121. The Bertz CT molecular complexity index is 1110. The summed E-state index contributed by atoms with van der Waals surface area (Å²) in [4.78, 5) is 24.2. The van der Waals surface area contributed by atoms with Gasteiger partial charge >= 0.3 is 0 Å². The predicted octanol–water partition coefficient (Wildman–Crippen LogP) is 3.78. The molecule has 1 aliphatic rings. The first-order chi connectivity index (χ1) is 15.0. The molecule has 0 radical (unpaired) electrons. The molecule has 0 saturated heterocycles. The van der Waals surface area contributed by atoms with Crippen LogP contribution in [0.15, 0.2) is 66.7 Å². The number of carbonyl (C=O) groups excluding carboxylic acids is 2. The van der Waals surface area contributed by atoms with E-state index in [1.165, 1.54) is 0 Å². The molecule has 0 aliphatic carbocycles. The van der Waals surface area contributed by atoms with E-state index in [0.717, 1.165) is 17.1 Å². The average molecular weight is 418 g/mol. The van der Waals surface area contributed by atoms with Crippen LogP contribution in [-0.4, -0.2) is 25.5 Å². The molecule has 7 nitrogen and oxygen atoms in total. The van der Waals surface area contributed by atoms with Crippen molar-refractivity contribution in [3.63, 3.8) is 0 Å². The Morgan fingerprint density at radius 3 is 2.52 bits per heavy atom. The molecule has 0 aromatic heterocycles. The Morgan fingerprint density at radius 2 is 1.77 bits per heavy atom. The molecule has 1 aliphatic heterocycles. The van der Waals surface area contributed by atoms with Crippen molar-refractivity contribution in [3.05, 3.63) is 77.9 Å². The second-order valence-corrected chi connectivity index (χ2v) is 7.16. The van der Waals surface area contributed by atoms with Gasteiger partial charge in [-0.1, -0.05) is 18.2 Å². The van der Waals surface area contributed by atoms with Gasteiger partial charge in [-0.2, -0.15) is 0 Å². The van der Waals surface area contributed by atoms with Gasteiger partial charge < -0.3 is 25.3 Å². The Morgan fingerprint density at radius 1 is 1.03 bits per heavy atom. The summed E-state index contributed by atoms with van der Waals surface area (Å²) in [6.07, 6.45) is 0.594. The number of anilines is 1. The lowest BCUT2D eigenvalue weighted by Crippen LogP contribution is -2.32. The van der Waals surface area contributed by atoms with Crippen LogP contribution in [-0.2, 0) is 11.2 Å². The zero-order valence-corrected chi connectivity index (χ0v) is 17.0. The third kappa shape index (κ3) is 4.61. The van der Waals surface area contributed by atoms with E-state index < -0.39 is 5.91 Å². The molecule has 3 aromatic carbocycles. The van der Waals surface area contributed by atoms with Gasteiger partial charge in [0, 0.05) is 11.8 Å². The number of fused-ring (bicyclic) bond motifs is 1. The quantitative estimate of drug-likeness (QED) is 0.635. The standard InChI is InChI=1S/C24H22N2O5/c1-29-19-9-6-15-12-16(14-30-22(15)13-19)24(28)26-17-7-10-18(11-8-17)31-21-5-3-2-4-20(21)23(25)27/h2-11,13,16H,12,14H2,1H3,(H2,25,27)(H,26,28)/t16-/m1/s1. The van der Waals surface area contributed by atoms with Gasteiger partial charge in [-0.05, 0) is 54.4 Å². The minimum atomic E-state index is -0.561. The highest BCUT2D eigenvalue weighted by molar-refractivity contribution is 5.95. The minimum absolute atomic E-state index is 0.116. The summed E-state index contributed by atoms with van der Waals surface area (Å²) in [5.41, 5.74) is 7.30. The molecule has 7 heteroatoms. The molecular formula is C24H22N2O5. The molecule has 1 atom stereocenters. The highest BCUT2D eigenvalue weighted by atomic mass is 16.5. The van der Waals surface area contributed by atoms with Crippen LogP contribution in [0.3, 0.4) is 0 Å². The first kappa shape index (κ1) is 20.3. The van der Waals surface area contributed by atoms with Crippen molar-refractivity contribution in [1.82, 2.24) is 0 Å². The molecule has 1 heterocycles. The lowest BCUT2D eigenvalue weighted by Gasteiger charge is -2.25. The van der Waals surface area contributed by atoms with Crippen LogP contribution in [0.25, 0.3) is 0 Å². The maximum atomic E-state index is 12.7. The number of para-hydroxylation sites is 1. The molecule has 158 valence electrons. The number of nitrogens with two attached hydrogens (primary N) is 1. The van der Waals surface area contributed by atoms with Gasteiger partial charge in [-0.25, -0.2) is 0 Å². The first-order valence-corrected chi connectivity index (χ1v) is 9.81. The fraction of sp³-hybridized carbons (Fsp3) is 0.167. The lowest BCUT2D eigenvalue weighted by atomic mass is 9.96. The number of amides is 2. The summed E-state index contributed by atoms with van der Waals surface area (Å²) in [6, 6.07) is 19.3. The van der Waals surface area contributed by atoms with E-state index in [0.29, 0.717) is 35.8 Å². The largest absolute Gasteiger partial charge is 0.497 e. The second-order valence-electron chi connectivity index (χ2n) is 7.16. The van der Waals surface area contributed by atoms with Crippen molar-refractivity contribution in [2.24, 2.45) is 11.7 Å². The van der Waals surface area contributed by atoms with Crippen LogP contribution >= 0.6 is 0 Å². The van der Waals surface area contributed by atoms with Crippen LogP contribution in [0.2, 0.25) is 0 Å². The third-order valence-corrected chi connectivity index (χ3v) is 5.05. The maximum absolute atomic E-state index is 12.7. The number of ether oxygens (including phenoxy) is 3. The SMILES string of the molecule is COc1ccc2c(c1)OC[C@H](C(=O)Nc1ccc(Oc3ccccc3C(N)=O)cc1)C2. The Balaban J connectivity index is 1.39. The fourth-order valence-electron chi connectivity index (χ4n) is 3.38. The summed E-state index contributed by atoms with van der Waals surface area (Å²) < 4.78 is 16.7. The Hall–Kier alpha value is -4.00.